The molecule has 3 heterocycles. The van der Waals surface area contributed by atoms with Gasteiger partial charge in [0.1, 0.15) is 34.3 Å². The van der Waals surface area contributed by atoms with E-state index in [4.69, 9.17) is 18.6 Å². The normalized spacial score (nSPS) is 15.3. The number of anilines is 1. The van der Waals surface area contributed by atoms with E-state index in [0.29, 0.717) is 33.5 Å². The first-order valence-corrected chi connectivity index (χ1v) is 17.6. The highest BCUT2D eigenvalue weighted by Crippen LogP contribution is 2.43. The van der Waals surface area contributed by atoms with Gasteiger partial charge in [0.2, 0.25) is 12.3 Å². The fourth-order valence-electron chi connectivity index (χ4n) is 5.34. The summed E-state index contributed by atoms with van der Waals surface area (Å²) in [5.74, 6) is -0.0327. The third-order valence-electron chi connectivity index (χ3n) is 8.26. The summed E-state index contributed by atoms with van der Waals surface area (Å²) in [5.41, 5.74) is -0.420. The maximum Gasteiger partial charge on any atom is 0.331 e. The SMILES string of the molecule is COc1ccccc1C(CN(C=O)c1sc(-c2ncco2)c(C)c1C(=O)N(C)C(C)(C)C(=O)OC(C)(C)C)OC1CCN(SC)CC1. The average molecular weight is 687 g/mol. The second kappa shape index (κ2) is 15.2. The summed E-state index contributed by atoms with van der Waals surface area (Å²) in [6.45, 7) is 12.3. The van der Waals surface area contributed by atoms with E-state index >= 15 is 0 Å². The molecule has 1 saturated heterocycles. The van der Waals surface area contributed by atoms with Gasteiger partial charge in [0, 0.05) is 25.7 Å². The Kier molecular flexibility index (Phi) is 11.8. The van der Waals surface area contributed by atoms with Crippen LogP contribution in [0.1, 0.15) is 75.0 Å². The minimum Gasteiger partial charge on any atom is -0.496 e. The zero-order valence-electron chi connectivity index (χ0n) is 28.7. The van der Waals surface area contributed by atoms with Crippen molar-refractivity contribution in [3.8, 4) is 16.5 Å². The summed E-state index contributed by atoms with van der Waals surface area (Å²) < 4.78 is 26.1. The number of amides is 2. The van der Waals surface area contributed by atoms with Crippen molar-refractivity contribution < 1.29 is 33.0 Å². The summed E-state index contributed by atoms with van der Waals surface area (Å²) >= 11 is 2.95. The van der Waals surface area contributed by atoms with Gasteiger partial charge >= 0.3 is 5.97 Å². The number of ether oxygens (including phenoxy) is 3. The van der Waals surface area contributed by atoms with Crippen molar-refractivity contribution in [1.82, 2.24) is 14.2 Å². The highest BCUT2D eigenvalue weighted by Gasteiger charge is 2.41. The number of piperidine rings is 1. The molecule has 2 amide bonds. The number of aromatic nitrogens is 1. The molecule has 0 radical (unpaired) electrons. The lowest BCUT2D eigenvalue weighted by atomic mass is 10.0. The van der Waals surface area contributed by atoms with Gasteiger partial charge in [-0.25, -0.2) is 9.78 Å². The molecule has 47 heavy (non-hydrogen) atoms. The zero-order valence-corrected chi connectivity index (χ0v) is 30.3. The number of rotatable bonds is 13. The van der Waals surface area contributed by atoms with E-state index in [0.717, 1.165) is 31.5 Å². The van der Waals surface area contributed by atoms with Crippen LogP contribution in [-0.2, 0) is 19.1 Å². The number of oxazole rings is 1. The average Bonchev–Trinajstić information content (AvgIpc) is 3.69. The third-order valence-corrected chi connectivity index (χ3v) is 10.5. The molecule has 4 rings (SSSR count). The van der Waals surface area contributed by atoms with Gasteiger partial charge in [-0.2, -0.15) is 0 Å². The van der Waals surface area contributed by atoms with Gasteiger partial charge in [-0.05, 0) is 72.3 Å². The van der Waals surface area contributed by atoms with Gasteiger partial charge < -0.3 is 28.4 Å². The first kappa shape index (κ1) is 36.4. The number of esters is 1. The van der Waals surface area contributed by atoms with Crippen LogP contribution >= 0.6 is 23.3 Å². The van der Waals surface area contributed by atoms with Crippen molar-refractivity contribution >= 4 is 46.6 Å². The molecule has 1 aliphatic rings. The second-order valence-electron chi connectivity index (χ2n) is 12.9. The van der Waals surface area contributed by atoms with E-state index < -0.39 is 29.1 Å². The topological polar surface area (TPSA) is 115 Å². The summed E-state index contributed by atoms with van der Waals surface area (Å²) in [6, 6.07) is 7.60. The highest BCUT2D eigenvalue weighted by molar-refractivity contribution is 7.96. The number of nitrogens with zero attached hydrogens (tertiary/aromatic N) is 4. The monoisotopic (exact) mass is 686 g/mol. The summed E-state index contributed by atoms with van der Waals surface area (Å²) in [7, 11) is 3.17. The van der Waals surface area contributed by atoms with Crippen molar-refractivity contribution in [2.24, 2.45) is 0 Å². The van der Waals surface area contributed by atoms with Crippen molar-refractivity contribution in [3.05, 3.63) is 53.4 Å². The van der Waals surface area contributed by atoms with Crippen LogP contribution in [-0.4, -0.2) is 89.8 Å². The van der Waals surface area contributed by atoms with Gasteiger partial charge in [-0.1, -0.05) is 30.1 Å². The molecule has 13 heteroatoms. The third kappa shape index (κ3) is 8.37. The van der Waals surface area contributed by atoms with Crippen LogP contribution in [0.3, 0.4) is 0 Å². The molecule has 1 unspecified atom stereocenters. The number of carbonyl (C=O) groups excluding carboxylic acids is 3. The maximum atomic E-state index is 14.4. The minimum atomic E-state index is -1.32. The molecule has 11 nitrogen and oxygen atoms in total. The lowest BCUT2D eigenvalue weighted by molar-refractivity contribution is -0.165. The molecule has 1 aromatic carbocycles. The Balaban J connectivity index is 1.76. The summed E-state index contributed by atoms with van der Waals surface area (Å²) in [4.78, 5) is 48.5. The van der Waals surface area contributed by atoms with Crippen molar-refractivity contribution in [2.45, 2.75) is 77.7 Å². The van der Waals surface area contributed by atoms with Crippen LogP contribution in [0.25, 0.3) is 10.8 Å². The summed E-state index contributed by atoms with van der Waals surface area (Å²) in [5, 5.41) is 0.392. The molecule has 0 spiro atoms. The quantitative estimate of drug-likeness (QED) is 0.114. The molecule has 0 aliphatic carbocycles. The number of thiophene rings is 1. The molecule has 1 atom stereocenters. The van der Waals surface area contributed by atoms with Crippen LogP contribution < -0.4 is 9.64 Å². The molecule has 256 valence electrons. The molecular formula is C34H46N4O7S2. The molecule has 2 aromatic heterocycles. The van der Waals surface area contributed by atoms with Crippen molar-refractivity contribution in [2.75, 3.05) is 44.9 Å². The molecule has 3 aromatic rings. The second-order valence-corrected chi connectivity index (χ2v) is 14.8. The van der Waals surface area contributed by atoms with Crippen LogP contribution in [0.5, 0.6) is 5.75 Å². The number of carbonyl (C=O) groups is 3. The Morgan fingerprint density at radius 2 is 1.87 bits per heavy atom. The van der Waals surface area contributed by atoms with Crippen LogP contribution in [0.4, 0.5) is 5.00 Å². The number of hydrogen-bond donors (Lipinski definition) is 0. The van der Waals surface area contributed by atoms with Gasteiger partial charge in [0.05, 0.1) is 36.4 Å². The maximum absolute atomic E-state index is 14.4. The van der Waals surface area contributed by atoms with Gasteiger partial charge in [-0.3, -0.25) is 13.9 Å². The number of likely N-dealkylation sites (N-methyl/N-ethyl adjacent to an activating group) is 1. The Morgan fingerprint density at radius 1 is 1.19 bits per heavy atom. The fraction of sp³-hybridized carbons (Fsp3) is 0.529. The molecule has 0 saturated carbocycles. The Morgan fingerprint density at radius 3 is 2.45 bits per heavy atom. The number of benzene rings is 1. The van der Waals surface area contributed by atoms with Crippen molar-refractivity contribution in [1.29, 1.82) is 0 Å². The molecule has 0 bridgehead atoms. The largest absolute Gasteiger partial charge is 0.496 e. The van der Waals surface area contributed by atoms with E-state index in [9.17, 15) is 14.4 Å². The molecule has 0 N–H and O–H groups in total. The van der Waals surface area contributed by atoms with E-state index in [1.54, 1.807) is 67.6 Å². The van der Waals surface area contributed by atoms with Gasteiger partial charge in [0.15, 0.2) is 0 Å². The Labute approximate surface area is 285 Å². The number of para-hydroxylation sites is 1. The standard InChI is InChI=1S/C34H46N4O7S2/c1-22-27(30(40)36(7)34(5,6)32(41)45-33(2,3)4)31(47-28(22)29-35-16-19-43-29)37(21-39)20-26(24-12-10-11-13-25(24)42-8)44-23-14-17-38(46-9)18-15-23/h10-13,16,19,21,23,26H,14-15,17-18,20H2,1-9H3. The minimum absolute atomic E-state index is 0.0309. The summed E-state index contributed by atoms with van der Waals surface area (Å²) in [6.07, 6.45) is 6.86. The lowest BCUT2D eigenvalue weighted by Gasteiger charge is -2.36. The van der Waals surface area contributed by atoms with Crippen LogP contribution in [0, 0.1) is 6.92 Å². The van der Waals surface area contributed by atoms with Crippen molar-refractivity contribution in [3.63, 3.8) is 0 Å². The Hall–Kier alpha value is -3.39. The molecular weight excluding hydrogens is 641 g/mol. The van der Waals surface area contributed by atoms with E-state index in [2.05, 4.69) is 15.5 Å². The first-order valence-electron chi connectivity index (χ1n) is 15.6. The fourth-order valence-corrected chi connectivity index (χ4v) is 7.13. The van der Waals surface area contributed by atoms with Gasteiger partial charge in [0.25, 0.3) is 5.91 Å². The van der Waals surface area contributed by atoms with E-state index in [1.807, 2.05) is 24.3 Å². The molecule has 1 fully saturated rings. The predicted octanol–water partition coefficient (Wildman–Crippen LogP) is 6.38. The number of methoxy groups -OCH3 is 1. The highest BCUT2D eigenvalue weighted by atomic mass is 32.2. The van der Waals surface area contributed by atoms with E-state index in [-0.39, 0.29) is 18.2 Å². The number of hydrogen-bond acceptors (Lipinski definition) is 11. The first-order chi connectivity index (χ1) is 22.2. The lowest BCUT2D eigenvalue weighted by Crippen LogP contribution is -2.53. The van der Waals surface area contributed by atoms with E-state index in [1.165, 1.54) is 33.6 Å². The Bertz CT molecular complexity index is 1530. The predicted molar refractivity (Wildman–Crippen MR) is 185 cm³/mol. The van der Waals surface area contributed by atoms with Crippen LogP contribution in [0.15, 0.2) is 41.1 Å². The zero-order chi connectivity index (χ0) is 34.5. The van der Waals surface area contributed by atoms with Crippen LogP contribution in [0.2, 0.25) is 0 Å². The smallest absolute Gasteiger partial charge is 0.331 e. The molecule has 1 aliphatic heterocycles. The van der Waals surface area contributed by atoms with Gasteiger partial charge in [-0.15, -0.1) is 11.3 Å².